The first-order valence-corrected chi connectivity index (χ1v) is 7.76. The maximum atomic E-state index is 12.5. The normalized spacial score (nSPS) is 10.5. The summed E-state index contributed by atoms with van der Waals surface area (Å²) < 4.78 is 5.36. The van der Waals surface area contributed by atoms with Crippen LogP contribution in [0.3, 0.4) is 0 Å². The van der Waals surface area contributed by atoms with E-state index in [0.29, 0.717) is 22.6 Å². The number of carbonyl (C=O) groups excluding carboxylic acids is 1. The molecule has 0 saturated heterocycles. The van der Waals surface area contributed by atoms with Gasteiger partial charge in [0.25, 0.3) is 5.91 Å². The number of carboxylic acid groups (broad SMARTS) is 1. The number of benzene rings is 2. The third-order valence-electron chi connectivity index (χ3n) is 3.82. The van der Waals surface area contributed by atoms with Crippen LogP contribution in [0.5, 0.6) is 0 Å². The quantitative estimate of drug-likeness (QED) is 0.735. The summed E-state index contributed by atoms with van der Waals surface area (Å²) in [6.07, 6.45) is 0. The number of furan rings is 1. The Hall–Kier alpha value is -3.34. The highest BCUT2D eigenvalue weighted by Crippen LogP contribution is 2.31. The van der Waals surface area contributed by atoms with Gasteiger partial charge in [0, 0.05) is 11.1 Å². The van der Waals surface area contributed by atoms with Gasteiger partial charge in [-0.15, -0.1) is 0 Å². The van der Waals surface area contributed by atoms with Crippen molar-refractivity contribution in [2.24, 2.45) is 0 Å². The first-order valence-electron chi connectivity index (χ1n) is 7.76. The van der Waals surface area contributed by atoms with Gasteiger partial charge in [0.1, 0.15) is 5.76 Å². The van der Waals surface area contributed by atoms with Gasteiger partial charge >= 0.3 is 5.97 Å². The number of amides is 1. The fourth-order valence-electron chi connectivity index (χ4n) is 2.47. The molecule has 0 aliphatic rings. The molecule has 0 saturated carbocycles. The first kappa shape index (κ1) is 16.5. The molecule has 0 spiro atoms. The van der Waals surface area contributed by atoms with E-state index in [9.17, 15) is 9.59 Å². The number of rotatable bonds is 4. The predicted molar refractivity (Wildman–Crippen MR) is 95.0 cm³/mol. The van der Waals surface area contributed by atoms with Gasteiger partial charge in [0.15, 0.2) is 0 Å². The van der Waals surface area contributed by atoms with Crippen molar-refractivity contribution in [2.45, 2.75) is 13.8 Å². The highest BCUT2D eigenvalue weighted by molar-refractivity contribution is 6.06. The SMILES string of the molecule is Cc1ccc(C(=O)Nc2cc(C)ccc2-c2ccc(C(=O)O)o2)cc1. The minimum Gasteiger partial charge on any atom is -0.475 e. The smallest absolute Gasteiger partial charge is 0.371 e. The minimum atomic E-state index is -1.14. The summed E-state index contributed by atoms with van der Waals surface area (Å²) in [5.41, 5.74) is 3.77. The number of nitrogens with one attached hydrogen (secondary N) is 1. The second-order valence-electron chi connectivity index (χ2n) is 5.84. The summed E-state index contributed by atoms with van der Waals surface area (Å²) in [5, 5.41) is 11.9. The van der Waals surface area contributed by atoms with E-state index in [1.807, 2.05) is 38.1 Å². The maximum absolute atomic E-state index is 12.5. The zero-order valence-corrected chi connectivity index (χ0v) is 13.9. The summed E-state index contributed by atoms with van der Waals surface area (Å²) in [7, 11) is 0. The lowest BCUT2D eigenvalue weighted by molar-refractivity contribution is 0.0663. The Balaban J connectivity index is 1.95. The summed E-state index contributed by atoms with van der Waals surface area (Å²) in [6.45, 7) is 3.87. The van der Waals surface area contributed by atoms with Crippen LogP contribution < -0.4 is 5.32 Å². The molecular weight excluding hydrogens is 318 g/mol. The average molecular weight is 335 g/mol. The van der Waals surface area contributed by atoms with Crippen LogP contribution in [-0.2, 0) is 0 Å². The number of carboxylic acids is 1. The molecule has 1 amide bonds. The zero-order valence-electron chi connectivity index (χ0n) is 13.9. The van der Waals surface area contributed by atoms with E-state index < -0.39 is 5.97 Å². The van der Waals surface area contributed by atoms with Crippen LogP contribution in [0, 0.1) is 13.8 Å². The molecule has 25 heavy (non-hydrogen) atoms. The van der Waals surface area contributed by atoms with Crippen LogP contribution in [0.15, 0.2) is 59.0 Å². The summed E-state index contributed by atoms with van der Waals surface area (Å²) in [5.74, 6) is -1.14. The standard InChI is InChI=1S/C20H17NO4/c1-12-3-6-14(7-4-12)19(22)21-16-11-13(2)5-8-15(16)17-9-10-18(25-17)20(23)24/h3-11H,1-2H3,(H,21,22)(H,23,24). The van der Waals surface area contributed by atoms with E-state index in [2.05, 4.69) is 5.32 Å². The topological polar surface area (TPSA) is 79.5 Å². The van der Waals surface area contributed by atoms with Gasteiger partial charge in [-0.3, -0.25) is 4.79 Å². The van der Waals surface area contributed by atoms with E-state index in [4.69, 9.17) is 9.52 Å². The fraction of sp³-hybridized carbons (Fsp3) is 0.100. The lowest BCUT2D eigenvalue weighted by Gasteiger charge is -2.11. The Bertz CT molecular complexity index is 939. The van der Waals surface area contributed by atoms with E-state index in [-0.39, 0.29) is 11.7 Å². The maximum Gasteiger partial charge on any atom is 0.371 e. The van der Waals surface area contributed by atoms with Gasteiger partial charge in [-0.2, -0.15) is 0 Å². The molecule has 3 aromatic rings. The molecule has 1 heterocycles. The van der Waals surface area contributed by atoms with Crippen molar-refractivity contribution in [3.8, 4) is 11.3 Å². The van der Waals surface area contributed by atoms with Gasteiger partial charge < -0.3 is 14.8 Å². The van der Waals surface area contributed by atoms with E-state index in [1.165, 1.54) is 6.07 Å². The van der Waals surface area contributed by atoms with Gasteiger partial charge in [-0.25, -0.2) is 4.79 Å². The molecular formula is C20H17NO4. The van der Waals surface area contributed by atoms with Gasteiger partial charge in [-0.05, 0) is 55.8 Å². The first-order chi connectivity index (χ1) is 11.9. The van der Waals surface area contributed by atoms with Crippen LogP contribution in [0.1, 0.15) is 32.0 Å². The van der Waals surface area contributed by atoms with E-state index in [1.54, 1.807) is 24.3 Å². The lowest BCUT2D eigenvalue weighted by atomic mass is 10.1. The molecule has 3 rings (SSSR count). The van der Waals surface area contributed by atoms with E-state index >= 15 is 0 Å². The lowest BCUT2D eigenvalue weighted by Crippen LogP contribution is -2.12. The summed E-state index contributed by atoms with van der Waals surface area (Å²) in [4.78, 5) is 23.5. The largest absolute Gasteiger partial charge is 0.475 e. The number of aryl methyl sites for hydroxylation is 2. The highest BCUT2D eigenvalue weighted by Gasteiger charge is 2.15. The van der Waals surface area contributed by atoms with Crippen molar-refractivity contribution >= 4 is 17.6 Å². The third kappa shape index (κ3) is 3.61. The van der Waals surface area contributed by atoms with Crippen LogP contribution >= 0.6 is 0 Å². The monoisotopic (exact) mass is 335 g/mol. The number of anilines is 1. The molecule has 5 heteroatoms. The van der Waals surface area contributed by atoms with Crippen LogP contribution in [0.4, 0.5) is 5.69 Å². The van der Waals surface area contributed by atoms with Crippen molar-refractivity contribution in [1.29, 1.82) is 0 Å². The van der Waals surface area contributed by atoms with Crippen molar-refractivity contribution in [3.63, 3.8) is 0 Å². The molecule has 2 N–H and O–H groups in total. The second kappa shape index (κ2) is 6.65. The third-order valence-corrected chi connectivity index (χ3v) is 3.82. The molecule has 0 atom stereocenters. The molecule has 5 nitrogen and oxygen atoms in total. The fourth-order valence-corrected chi connectivity index (χ4v) is 2.47. The van der Waals surface area contributed by atoms with Gasteiger partial charge in [0.2, 0.25) is 5.76 Å². The number of carbonyl (C=O) groups is 2. The Morgan fingerprint density at radius 2 is 1.60 bits per heavy atom. The molecule has 0 radical (unpaired) electrons. The summed E-state index contributed by atoms with van der Waals surface area (Å²) in [6, 6.07) is 15.7. The highest BCUT2D eigenvalue weighted by atomic mass is 16.4. The average Bonchev–Trinajstić information content (AvgIpc) is 3.05. The molecule has 0 aliphatic carbocycles. The van der Waals surface area contributed by atoms with Crippen molar-refractivity contribution < 1.29 is 19.1 Å². The number of hydrogen-bond acceptors (Lipinski definition) is 3. The van der Waals surface area contributed by atoms with Crippen LogP contribution in [-0.4, -0.2) is 17.0 Å². The molecule has 0 bridgehead atoms. The van der Waals surface area contributed by atoms with Gasteiger partial charge in [0.05, 0.1) is 5.69 Å². The van der Waals surface area contributed by atoms with E-state index in [0.717, 1.165) is 11.1 Å². The zero-order chi connectivity index (χ0) is 18.0. The Morgan fingerprint density at radius 1 is 0.920 bits per heavy atom. The summed E-state index contributed by atoms with van der Waals surface area (Å²) >= 11 is 0. The molecule has 2 aromatic carbocycles. The van der Waals surface area contributed by atoms with Crippen molar-refractivity contribution in [1.82, 2.24) is 0 Å². The Labute approximate surface area is 144 Å². The Kier molecular flexibility index (Phi) is 4.39. The second-order valence-corrected chi connectivity index (χ2v) is 5.84. The molecule has 0 aliphatic heterocycles. The van der Waals surface area contributed by atoms with Crippen LogP contribution in [0.25, 0.3) is 11.3 Å². The predicted octanol–water partition coefficient (Wildman–Crippen LogP) is 4.51. The number of hydrogen-bond donors (Lipinski definition) is 2. The molecule has 0 fully saturated rings. The molecule has 0 unspecified atom stereocenters. The minimum absolute atomic E-state index is 0.147. The number of aromatic carboxylic acids is 1. The van der Waals surface area contributed by atoms with Crippen molar-refractivity contribution in [3.05, 3.63) is 77.0 Å². The molecule has 1 aromatic heterocycles. The molecule has 126 valence electrons. The van der Waals surface area contributed by atoms with Gasteiger partial charge in [-0.1, -0.05) is 23.8 Å². The van der Waals surface area contributed by atoms with Crippen molar-refractivity contribution in [2.75, 3.05) is 5.32 Å². The van der Waals surface area contributed by atoms with Crippen LogP contribution in [0.2, 0.25) is 0 Å². The Morgan fingerprint density at radius 3 is 2.24 bits per heavy atom.